The first-order chi connectivity index (χ1) is 9.15. The number of hydrogen-bond acceptors (Lipinski definition) is 3. The van der Waals surface area contributed by atoms with Crippen LogP contribution >= 0.6 is 0 Å². The molecule has 3 nitrogen and oxygen atoms in total. The van der Waals surface area contributed by atoms with E-state index < -0.39 is 0 Å². The minimum atomic E-state index is -0.331. The first-order valence-corrected chi connectivity index (χ1v) is 6.07. The predicted octanol–water partition coefficient (Wildman–Crippen LogP) is 2.74. The number of ether oxygens (including phenoxy) is 1. The lowest BCUT2D eigenvalue weighted by Gasteiger charge is -2.09. The van der Waals surface area contributed by atoms with E-state index in [-0.39, 0.29) is 12.4 Å². The summed E-state index contributed by atoms with van der Waals surface area (Å²) in [4.78, 5) is 4.39. The van der Waals surface area contributed by atoms with E-state index in [2.05, 4.69) is 4.98 Å². The van der Waals surface area contributed by atoms with E-state index in [1.54, 1.807) is 25.3 Å². The summed E-state index contributed by atoms with van der Waals surface area (Å²) in [5, 5.41) is 8.94. The smallest absolute Gasteiger partial charge is 0.132 e. The maximum atomic E-state index is 13.8. The third kappa shape index (κ3) is 2.90. The zero-order chi connectivity index (χ0) is 13.8. The monoisotopic (exact) mass is 261 g/mol. The minimum Gasteiger partial charge on any atom is -0.497 e. The number of pyridine rings is 1. The van der Waals surface area contributed by atoms with E-state index in [1.807, 2.05) is 13.0 Å². The minimum absolute atomic E-state index is 0.0788. The number of aliphatic hydroxyl groups excluding tert-OH is 1. The molecule has 1 aromatic heterocycles. The molecular formula is C15H16FNO2. The second-order valence-corrected chi connectivity index (χ2v) is 4.26. The Kier molecular flexibility index (Phi) is 4.12. The molecule has 0 amide bonds. The summed E-state index contributed by atoms with van der Waals surface area (Å²) < 4.78 is 18.9. The molecule has 0 atom stereocenters. The Morgan fingerprint density at radius 1 is 1.26 bits per heavy atom. The molecule has 0 spiro atoms. The first kappa shape index (κ1) is 13.5. The number of methoxy groups -OCH3 is 1. The molecule has 1 N–H and O–H groups in total. The summed E-state index contributed by atoms with van der Waals surface area (Å²) in [7, 11) is 1.54. The maximum Gasteiger partial charge on any atom is 0.132 e. The Labute approximate surface area is 111 Å². The molecular weight excluding hydrogens is 245 g/mol. The number of benzene rings is 1. The molecule has 1 heterocycles. The molecule has 0 saturated carbocycles. The van der Waals surface area contributed by atoms with E-state index in [4.69, 9.17) is 9.84 Å². The molecule has 2 aromatic rings. The molecule has 0 radical (unpaired) electrons. The topological polar surface area (TPSA) is 42.4 Å². The summed E-state index contributed by atoms with van der Waals surface area (Å²) in [5.74, 6) is 0.262. The quantitative estimate of drug-likeness (QED) is 0.920. The van der Waals surface area contributed by atoms with Gasteiger partial charge < -0.3 is 9.84 Å². The van der Waals surface area contributed by atoms with E-state index in [1.165, 1.54) is 6.07 Å². The standard InChI is InChI=1S/C15H16FNO2/c1-10-11(7-8-18)3-6-15(17-10)13-9-12(19-2)4-5-14(13)16/h3-6,9,18H,7-8H2,1-2H3. The molecule has 0 aliphatic carbocycles. The van der Waals surface area contributed by atoms with Crippen molar-refractivity contribution in [2.24, 2.45) is 0 Å². The van der Waals surface area contributed by atoms with Gasteiger partial charge in [-0.25, -0.2) is 4.39 Å². The summed E-state index contributed by atoms with van der Waals surface area (Å²) in [6.07, 6.45) is 0.555. The molecule has 0 fully saturated rings. The van der Waals surface area contributed by atoms with Crippen molar-refractivity contribution in [2.75, 3.05) is 13.7 Å². The summed E-state index contributed by atoms with van der Waals surface area (Å²) in [6.45, 7) is 1.93. The van der Waals surface area contributed by atoms with Crippen LogP contribution in [0.4, 0.5) is 4.39 Å². The molecule has 0 aliphatic rings. The van der Waals surface area contributed by atoms with Crippen LogP contribution in [0, 0.1) is 12.7 Å². The zero-order valence-corrected chi connectivity index (χ0v) is 11.0. The van der Waals surface area contributed by atoms with Gasteiger partial charge in [-0.2, -0.15) is 0 Å². The fourth-order valence-electron chi connectivity index (χ4n) is 1.95. The van der Waals surface area contributed by atoms with Crippen molar-refractivity contribution in [3.05, 3.63) is 47.4 Å². The molecule has 0 bridgehead atoms. The normalized spacial score (nSPS) is 10.5. The number of aliphatic hydroxyl groups is 1. The van der Waals surface area contributed by atoms with Crippen LogP contribution in [0.5, 0.6) is 5.75 Å². The van der Waals surface area contributed by atoms with E-state index in [0.717, 1.165) is 11.3 Å². The fourth-order valence-corrected chi connectivity index (χ4v) is 1.95. The van der Waals surface area contributed by atoms with Crippen LogP contribution in [0.1, 0.15) is 11.3 Å². The highest BCUT2D eigenvalue weighted by Gasteiger charge is 2.10. The first-order valence-electron chi connectivity index (χ1n) is 6.07. The summed E-state index contributed by atoms with van der Waals surface area (Å²) in [5.41, 5.74) is 2.75. The third-order valence-corrected chi connectivity index (χ3v) is 3.03. The van der Waals surface area contributed by atoms with Crippen LogP contribution in [0.3, 0.4) is 0 Å². The van der Waals surface area contributed by atoms with Gasteiger partial charge in [-0.05, 0) is 43.2 Å². The second-order valence-electron chi connectivity index (χ2n) is 4.26. The van der Waals surface area contributed by atoms with Crippen molar-refractivity contribution in [3.8, 4) is 17.0 Å². The number of aryl methyl sites for hydroxylation is 1. The van der Waals surface area contributed by atoms with Gasteiger partial charge in [0, 0.05) is 17.9 Å². The number of nitrogens with zero attached hydrogens (tertiary/aromatic N) is 1. The molecule has 100 valence electrons. The molecule has 0 saturated heterocycles. The van der Waals surface area contributed by atoms with E-state index in [0.29, 0.717) is 23.4 Å². The number of hydrogen-bond donors (Lipinski definition) is 1. The van der Waals surface area contributed by atoms with Crippen molar-refractivity contribution >= 4 is 0 Å². The van der Waals surface area contributed by atoms with Gasteiger partial charge in [0.25, 0.3) is 0 Å². The van der Waals surface area contributed by atoms with Gasteiger partial charge in [0.1, 0.15) is 11.6 Å². The maximum absolute atomic E-state index is 13.8. The molecule has 2 rings (SSSR count). The molecule has 0 aliphatic heterocycles. The van der Waals surface area contributed by atoms with Gasteiger partial charge >= 0.3 is 0 Å². The highest BCUT2D eigenvalue weighted by molar-refractivity contribution is 5.62. The van der Waals surface area contributed by atoms with Crippen LogP contribution in [-0.2, 0) is 6.42 Å². The van der Waals surface area contributed by atoms with Crippen molar-refractivity contribution in [2.45, 2.75) is 13.3 Å². The van der Waals surface area contributed by atoms with Gasteiger partial charge in [-0.15, -0.1) is 0 Å². The molecule has 4 heteroatoms. The van der Waals surface area contributed by atoms with Gasteiger partial charge in [0.2, 0.25) is 0 Å². The van der Waals surface area contributed by atoms with Crippen LogP contribution in [-0.4, -0.2) is 23.8 Å². The number of aromatic nitrogens is 1. The lowest BCUT2D eigenvalue weighted by atomic mass is 10.1. The van der Waals surface area contributed by atoms with Gasteiger partial charge in [-0.1, -0.05) is 6.07 Å². The number of halogens is 1. The highest BCUT2D eigenvalue weighted by atomic mass is 19.1. The van der Waals surface area contributed by atoms with Crippen molar-refractivity contribution in [1.82, 2.24) is 4.98 Å². The average molecular weight is 261 g/mol. The Balaban J connectivity index is 2.44. The van der Waals surface area contributed by atoms with Gasteiger partial charge in [0.05, 0.1) is 12.8 Å². The van der Waals surface area contributed by atoms with E-state index in [9.17, 15) is 4.39 Å². The van der Waals surface area contributed by atoms with Crippen LogP contribution < -0.4 is 4.74 Å². The van der Waals surface area contributed by atoms with Crippen LogP contribution in [0.15, 0.2) is 30.3 Å². The lowest BCUT2D eigenvalue weighted by Crippen LogP contribution is -1.98. The van der Waals surface area contributed by atoms with Gasteiger partial charge in [-0.3, -0.25) is 4.98 Å². The highest BCUT2D eigenvalue weighted by Crippen LogP contribution is 2.26. The Morgan fingerprint density at radius 3 is 2.68 bits per heavy atom. The van der Waals surface area contributed by atoms with Crippen molar-refractivity contribution in [1.29, 1.82) is 0 Å². The van der Waals surface area contributed by atoms with Crippen molar-refractivity contribution in [3.63, 3.8) is 0 Å². The third-order valence-electron chi connectivity index (χ3n) is 3.03. The molecule has 1 aromatic carbocycles. The zero-order valence-electron chi connectivity index (χ0n) is 11.0. The molecule has 0 unspecified atom stereocenters. The Morgan fingerprint density at radius 2 is 2.05 bits per heavy atom. The Bertz CT molecular complexity index is 584. The average Bonchev–Trinajstić information content (AvgIpc) is 2.42. The lowest BCUT2D eigenvalue weighted by molar-refractivity contribution is 0.299. The predicted molar refractivity (Wildman–Crippen MR) is 71.7 cm³/mol. The largest absolute Gasteiger partial charge is 0.497 e. The Hall–Kier alpha value is -1.94. The number of rotatable bonds is 4. The summed E-state index contributed by atoms with van der Waals surface area (Å²) in [6, 6.07) is 8.20. The second kappa shape index (κ2) is 5.80. The summed E-state index contributed by atoms with van der Waals surface area (Å²) >= 11 is 0. The van der Waals surface area contributed by atoms with Crippen molar-refractivity contribution < 1.29 is 14.2 Å². The fraction of sp³-hybridized carbons (Fsp3) is 0.267. The van der Waals surface area contributed by atoms with Crippen LogP contribution in [0.2, 0.25) is 0 Å². The van der Waals surface area contributed by atoms with Gasteiger partial charge in [0.15, 0.2) is 0 Å². The molecule has 19 heavy (non-hydrogen) atoms. The van der Waals surface area contributed by atoms with E-state index >= 15 is 0 Å². The van der Waals surface area contributed by atoms with Crippen LogP contribution in [0.25, 0.3) is 11.3 Å². The SMILES string of the molecule is COc1ccc(F)c(-c2ccc(CCO)c(C)n2)c1.